The van der Waals surface area contributed by atoms with Gasteiger partial charge in [-0.1, -0.05) is 33.1 Å². The van der Waals surface area contributed by atoms with E-state index in [0.29, 0.717) is 29.8 Å². The largest absolute Gasteiger partial charge is 0.374 e. The van der Waals surface area contributed by atoms with Gasteiger partial charge in [-0.2, -0.15) is 23.5 Å². The fraction of sp³-hybridized carbons (Fsp3) is 0.950. The maximum Gasteiger partial charge on any atom is 0.243 e. The van der Waals surface area contributed by atoms with Crippen molar-refractivity contribution in [3.05, 3.63) is 0 Å². The Kier molecular flexibility index (Phi) is 10.8. The number of fused-ring (bicyclic) bond motifs is 2. The lowest BCUT2D eigenvalue weighted by atomic mass is 9.81. The number of ether oxygens (including phenoxy) is 1. The number of carbonyl (C=O) groups excluding carboxylic acids is 1. The molecule has 0 aromatic carbocycles. The minimum absolute atomic E-state index is 0.278. The van der Waals surface area contributed by atoms with E-state index in [1.165, 1.54) is 55.8 Å². The molecule has 2 rings (SSSR count). The molecule has 0 aromatic heterocycles. The molecule has 2 aliphatic heterocycles. The molecule has 0 spiro atoms. The lowest BCUT2D eigenvalue weighted by molar-refractivity contribution is -0.129. The number of thioether (sulfide) groups is 2. The van der Waals surface area contributed by atoms with Crippen LogP contribution in [0.15, 0.2) is 0 Å². The van der Waals surface area contributed by atoms with Crippen molar-refractivity contribution >= 4 is 29.4 Å². The fourth-order valence-corrected chi connectivity index (χ4v) is 6.80. The molecule has 2 bridgehead atoms. The van der Waals surface area contributed by atoms with E-state index in [2.05, 4.69) is 25.6 Å². The zero-order valence-corrected chi connectivity index (χ0v) is 18.1. The highest BCUT2D eigenvalue weighted by Crippen LogP contribution is 2.46. The number of nitrogens with one attached hydrogen (secondary N) is 1. The maximum absolute atomic E-state index is 11.1. The monoisotopic (exact) mass is 403 g/mol. The van der Waals surface area contributed by atoms with Gasteiger partial charge in [0, 0.05) is 23.5 Å². The summed E-state index contributed by atoms with van der Waals surface area (Å²) in [5, 5.41) is 9.11. The van der Waals surface area contributed by atoms with E-state index >= 15 is 0 Å². The third-order valence-corrected chi connectivity index (χ3v) is 8.34. The molecular formula is C20H37NO3S2. The second-order valence-electron chi connectivity index (χ2n) is 7.82. The molecule has 5 unspecified atom stereocenters. The van der Waals surface area contributed by atoms with Crippen LogP contribution in [0.5, 0.6) is 0 Å². The predicted molar refractivity (Wildman–Crippen MR) is 112 cm³/mol. The zero-order valence-electron chi connectivity index (χ0n) is 16.5. The Morgan fingerprint density at radius 1 is 1.15 bits per heavy atom. The molecule has 2 fully saturated rings. The Hall–Kier alpha value is 0.0900. The van der Waals surface area contributed by atoms with Crippen molar-refractivity contribution in [1.82, 2.24) is 5.48 Å². The number of hydrogen-bond donors (Lipinski definition) is 2. The van der Waals surface area contributed by atoms with Crippen molar-refractivity contribution in [1.29, 1.82) is 0 Å². The Bertz CT molecular complexity index is 411. The van der Waals surface area contributed by atoms with Crippen LogP contribution in [0.3, 0.4) is 0 Å². The number of hydroxylamine groups is 1. The average molecular weight is 404 g/mol. The van der Waals surface area contributed by atoms with Crippen LogP contribution in [0.1, 0.15) is 71.6 Å². The molecule has 152 valence electrons. The van der Waals surface area contributed by atoms with Crippen LogP contribution < -0.4 is 5.48 Å². The molecule has 26 heavy (non-hydrogen) atoms. The van der Waals surface area contributed by atoms with Crippen LogP contribution in [0, 0.1) is 11.8 Å². The van der Waals surface area contributed by atoms with Crippen LogP contribution in [-0.2, 0) is 9.53 Å². The van der Waals surface area contributed by atoms with E-state index in [0.717, 1.165) is 18.8 Å². The van der Waals surface area contributed by atoms with Crippen molar-refractivity contribution in [2.45, 2.75) is 89.1 Å². The molecule has 0 aliphatic carbocycles. The predicted octanol–water partition coefficient (Wildman–Crippen LogP) is 4.89. The minimum Gasteiger partial charge on any atom is -0.374 e. The first-order valence-electron chi connectivity index (χ1n) is 10.4. The van der Waals surface area contributed by atoms with Gasteiger partial charge in [0.25, 0.3) is 0 Å². The lowest BCUT2D eigenvalue weighted by Crippen LogP contribution is -2.31. The summed E-state index contributed by atoms with van der Waals surface area (Å²) in [6, 6.07) is 0. The van der Waals surface area contributed by atoms with E-state index in [1.807, 2.05) is 11.8 Å². The Balaban J connectivity index is 1.65. The molecule has 2 saturated heterocycles. The Morgan fingerprint density at radius 2 is 1.88 bits per heavy atom. The summed E-state index contributed by atoms with van der Waals surface area (Å²) >= 11 is 4.18. The van der Waals surface area contributed by atoms with Crippen molar-refractivity contribution in [2.75, 3.05) is 17.3 Å². The molecule has 2 aliphatic rings. The standard InChI is InChI=1S/C20H37NO3S2/c1-3-4-5-6-12-25-13-16-17(19-11-10-18(16)24-19)14-26-15(2)8-7-9-20(22)21-23/h15-19,23H,3-14H2,1-2H3,(H,21,22). The molecule has 2 N–H and O–H groups in total. The SMILES string of the molecule is CCCCCCSCC1C2CCC(O2)C1CSC(C)CCCC(=O)NO. The van der Waals surface area contributed by atoms with Gasteiger partial charge in [0.05, 0.1) is 12.2 Å². The molecule has 4 nitrogen and oxygen atoms in total. The minimum atomic E-state index is -0.278. The van der Waals surface area contributed by atoms with Crippen LogP contribution in [0.25, 0.3) is 0 Å². The van der Waals surface area contributed by atoms with Gasteiger partial charge in [-0.15, -0.1) is 0 Å². The molecule has 5 atom stereocenters. The van der Waals surface area contributed by atoms with Crippen molar-refractivity contribution in [3.8, 4) is 0 Å². The molecular weight excluding hydrogens is 366 g/mol. The summed E-state index contributed by atoms with van der Waals surface area (Å²) in [6.45, 7) is 4.53. The molecule has 0 aromatic rings. The van der Waals surface area contributed by atoms with Crippen LogP contribution in [0.2, 0.25) is 0 Å². The first kappa shape index (κ1) is 22.4. The molecule has 0 radical (unpaired) electrons. The van der Waals surface area contributed by atoms with Gasteiger partial charge >= 0.3 is 0 Å². The van der Waals surface area contributed by atoms with Crippen LogP contribution in [-0.4, -0.2) is 45.8 Å². The third kappa shape index (κ3) is 7.25. The zero-order chi connectivity index (χ0) is 18.8. The second-order valence-corrected chi connectivity index (χ2v) is 10.4. The van der Waals surface area contributed by atoms with Crippen LogP contribution in [0.4, 0.5) is 0 Å². The highest BCUT2D eigenvalue weighted by atomic mass is 32.2. The summed E-state index contributed by atoms with van der Waals surface area (Å²) in [5.74, 6) is 4.94. The van der Waals surface area contributed by atoms with Crippen molar-refractivity contribution in [3.63, 3.8) is 0 Å². The van der Waals surface area contributed by atoms with E-state index in [9.17, 15) is 4.79 Å². The van der Waals surface area contributed by atoms with Gasteiger partial charge in [-0.3, -0.25) is 10.0 Å². The van der Waals surface area contributed by atoms with Gasteiger partial charge in [0.1, 0.15) is 0 Å². The quantitative estimate of drug-likeness (QED) is 0.246. The highest BCUT2D eigenvalue weighted by Gasteiger charge is 2.48. The number of rotatable bonds is 14. The molecule has 6 heteroatoms. The normalized spacial score (nSPS) is 28.4. The maximum atomic E-state index is 11.1. The summed E-state index contributed by atoms with van der Waals surface area (Å²) < 4.78 is 6.25. The summed E-state index contributed by atoms with van der Waals surface area (Å²) in [6.07, 6.45) is 11.2. The topological polar surface area (TPSA) is 58.6 Å². The third-order valence-electron chi connectivity index (χ3n) is 5.76. The van der Waals surface area contributed by atoms with Gasteiger partial charge in [-0.25, -0.2) is 5.48 Å². The number of hydrogen-bond acceptors (Lipinski definition) is 5. The van der Waals surface area contributed by atoms with Crippen molar-refractivity contribution in [2.24, 2.45) is 11.8 Å². The summed E-state index contributed by atoms with van der Waals surface area (Å²) in [7, 11) is 0. The van der Waals surface area contributed by atoms with Crippen LogP contribution >= 0.6 is 23.5 Å². The van der Waals surface area contributed by atoms with E-state index < -0.39 is 0 Å². The first-order valence-corrected chi connectivity index (χ1v) is 12.6. The van der Waals surface area contributed by atoms with Gasteiger partial charge < -0.3 is 4.74 Å². The van der Waals surface area contributed by atoms with Gasteiger partial charge in [-0.05, 0) is 49.4 Å². The van der Waals surface area contributed by atoms with E-state index in [4.69, 9.17) is 9.94 Å². The molecule has 1 amide bonds. The Labute approximate surface area is 167 Å². The van der Waals surface area contributed by atoms with E-state index in [-0.39, 0.29) is 5.91 Å². The first-order chi connectivity index (χ1) is 12.7. The second kappa shape index (κ2) is 12.5. The average Bonchev–Trinajstić information content (AvgIpc) is 3.24. The van der Waals surface area contributed by atoms with E-state index in [1.54, 1.807) is 5.48 Å². The molecule has 0 saturated carbocycles. The smallest absolute Gasteiger partial charge is 0.243 e. The number of unbranched alkanes of at least 4 members (excludes halogenated alkanes) is 3. The number of amides is 1. The number of carbonyl (C=O) groups is 1. The fourth-order valence-electron chi connectivity index (χ4n) is 4.15. The lowest BCUT2D eigenvalue weighted by Gasteiger charge is -2.28. The summed E-state index contributed by atoms with van der Waals surface area (Å²) in [4.78, 5) is 11.1. The molecule has 2 heterocycles. The van der Waals surface area contributed by atoms with Crippen molar-refractivity contribution < 1.29 is 14.7 Å². The highest BCUT2D eigenvalue weighted by molar-refractivity contribution is 8.00. The summed E-state index contributed by atoms with van der Waals surface area (Å²) in [5.41, 5.74) is 1.71. The van der Waals surface area contributed by atoms with Gasteiger partial charge in [0.15, 0.2) is 0 Å². The Morgan fingerprint density at radius 3 is 2.58 bits per heavy atom. The van der Waals surface area contributed by atoms with Gasteiger partial charge in [0.2, 0.25) is 5.91 Å².